The van der Waals surface area contributed by atoms with Gasteiger partial charge in [0.05, 0.1) is 6.20 Å². The molecule has 0 fully saturated rings. The third kappa shape index (κ3) is 2.52. The molecule has 0 spiro atoms. The van der Waals surface area contributed by atoms with Crippen molar-refractivity contribution in [2.75, 3.05) is 13.2 Å². The van der Waals surface area contributed by atoms with Crippen LogP contribution in [0.2, 0.25) is 0 Å². The highest BCUT2D eigenvalue weighted by Gasteiger charge is 2.51. The van der Waals surface area contributed by atoms with Crippen LogP contribution in [0.15, 0.2) is 17.3 Å². The summed E-state index contributed by atoms with van der Waals surface area (Å²) in [5, 5.41) is 17.6. The Morgan fingerprint density at radius 1 is 1.32 bits per heavy atom. The van der Waals surface area contributed by atoms with Gasteiger partial charge in [-0.3, -0.25) is 5.10 Å². The summed E-state index contributed by atoms with van der Waals surface area (Å²) in [6, 6.07) is 0. The van der Waals surface area contributed by atoms with E-state index in [1.165, 1.54) is 36.9 Å². The van der Waals surface area contributed by atoms with Crippen molar-refractivity contribution in [2.24, 2.45) is 34.3 Å². The minimum absolute atomic E-state index is 0.0981. The van der Waals surface area contributed by atoms with Gasteiger partial charge in [-0.2, -0.15) is 5.10 Å². The van der Waals surface area contributed by atoms with Crippen molar-refractivity contribution in [3.05, 3.63) is 28.6 Å². The van der Waals surface area contributed by atoms with E-state index in [2.05, 4.69) is 31.0 Å². The molecule has 0 amide bonds. The Morgan fingerprint density at radius 3 is 2.84 bits per heavy atom. The van der Waals surface area contributed by atoms with E-state index in [1.54, 1.807) is 11.1 Å². The van der Waals surface area contributed by atoms with E-state index in [9.17, 15) is 5.11 Å². The third-order valence-corrected chi connectivity index (χ3v) is 7.95. The summed E-state index contributed by atoms with van der Waals surface area (Å²) < 4.78 is 0. The zero-order chi connectivity index (χ0) is 17.8. The molecule has 0 saturated heterocycles. The molecule has 1 aromatic heterocycles. The fraction of sp³-hybridized carbons (Fsp3) is 0.762. The van der Waals surface area contributed by atoms with Crippen LogP contribution in [-0.2, 0) is 12.8 Å². The van der Waals surface area contributed by atoms with Gasteiger partial charge in [0.1, 0.15) is 0 Å². The molecule has 0 bridgehead atoms. The highest BCUT2D eigenvalue weighted by atomic mass is 16.3. The number of H-pyrrole nitrogens is 1. The lowest BCUT2D eigenvalue weighted by atomic mass is 9.54. The summed E-state index contributed by atoms with van der Waals surface area (Å²) in [7, 11) is 0. The van der Waals surface area contributed by atoms with Gasteiger partial charge in [0.25, 0.3) is 0 Å². The summed E-state index contributed by atoms with van der Waals surface area (Å²) in [4.78, 5) is 0. The van der Waals surface area contributed by atoms with Gasteiger partial charge < -0.3 is 10.8 Å². The Kier molecular flexibility index (Phi) is 4.12. The molecular weight excluding hydrogens is 310 g/mol. The van der Waals surface area contributed by atoms with Crippen molar-refractivity contribution in [3.63, 3.8) is 0 Å². The van der Waals surface area contributed by atoms with E-state index in [4.69, 9.17) is 5.73 Å². The number of allylic oxidation sites excluding steroid dienone is 1. The Bertz CT molecular complexity index is 689. The van der Waals surface area contributed by atoms with E-state index in [1.807, 2.05) is 6.20 Å². The highest BCUT2D eigenvalue weighted by Crippen LogP contribution is 2.58. The maximum atomic E-state index is 10.2. The molecule has 1 heterocycles. The van der Waals surface area contributed by atoms with Gasteiger partial charge >= 0.3 is 0 Å². The summed E-state index contributed by atoms with van der Waals surface area (Å²) >= 11 is 0. The van der Waals surface area contributed by atoms with Crippen LogP contribution in [0.25, 0.3) is 0 Å². The molecule has 138 valence electrons. The molecule has 25 heavy (non-hydrogen) atoms. The minimum atomic E-state index is 0.0981. The maximum Gasteiger partial charge on any atom is 0.0522 e. The predicted molar refractivity (Wildman–Crippen MR) is 100.0 cm³/mol. The topological polar surface area (TPSA) is 74.9 Å². The lowest BCUT2D eigenvalue weighted by molar-refractivity contribution is 0.00777. The first-order chi connectivity index (χ1) is 11.9. The minimum Gasteiger partial charge on any atom is -0.396 e. The Balaban J connectivity index is 1.71. The van der Waals surface area contributed by atoms with Crippen molar-refractivity contribution in [3.8, 4) is 0 Å². The monoisotopic (exact) mass is 343 g/mol. The molecule has 4 rings (SSSR count). The molecule has 1 aromatic rings. The quantitative estimate of drug-likeness (QED) is 0.738. The van der Waals surface area contributed by atoms with Crippen LogP contribution in [0, 0.1) is 28.6 Å². The zero-order valence-electron chi connectivity index (χ0n) is 15.9. The number of nitrogens with one attached hydrogen (secondary N) is 1. The van der Waals surface area contributed by atoms with Crippen molar-refractivity contribution < 1.29 is 5.11 Å². The van der Waals surface area contributed by atoms with Crippen LogP contribution in [0.1, 0.15) is 57.7 Å². The molecule has 4 N–H and O–H groups in total. The lowest BCUT2D eigenvalue weighted by Gasteiger charge is -2.51. The van der Waals surface area contributed by atoms with Crippen LogP contribution in [0.5, 0.6) is 0 Å². The summed E-state index contributed by atoms with van der Waals surface area (Å²) in [5.74, 6) is 1.33. The van der Waals surface area contributed by atoms with Gasteiger partial charge in [-0.25, -0.2) is 0 Å². The van der Waals surface area contributed by atoms with Crippen LogP contribution in [-0.4, -0.2) is 28.5 Å². The molecule has 0 saturated carbocycles. The molecule has 0 aliphatic heterocycles. The largest absolute Gasteiger partial charge is 0.396 e. The number of hydrogen-bond acceptors (Lipinski definition) is 3. The number of aromatic nitrogens is 2. The van der Waals surface area contributed by atoms with Gasteiger partial charge in [0.2, 0.25) is 0 Å². The van der Waals surface area contributed by atoms with Crippen LogP contribution >= 0.6 is 0 Å². The molecule has 0 unspecified atom stereocenters. The van der Waals surface area contributed by atoms with E-state index < -0.39 is 0 Å². The number of aliphatic hydroxyl groups excluding tert-OH is 1. The SMILES string of the molecule is CC1(C)CCC2=C1CC[C@H]([C@@]1(C)Cc3cn[nH]c3C[C@@H]1CO)[C@H]2CN. The van der Waals surface area contributed by atoms with Crippen LogP contribution < -0.4 is 5.73 Å². The number of aliphatic hydroxyl groups is 1. The third-order valence-electron chi connectivity index (χ3n) is 7.95. The zero-order valence-corrected chi connectivity index (χ0v) is 15.9. The van der Waals surface area contributed by atoms with Crippen molar-refractivity contribution in [2.45, 2.75) is 59.3 Å². The number of fused-ring (bicyclic) bond motifs is 1. The predicted octanol–water partition coefficient (Wildman–Crippen LogP) is 3.22. The van der Waals surface area contributed by atoms with E-state index in [-0.39, 0.29) is 17.9 Å². The summed E-state index contributed by atoms with van der Waals surface area (Å²) in [5.41, 5.74) is 12.7. The van der Waals surface area contributed by atoms with Gasteiger partial charge in [0, 0.05) is 12.3 Å². The number of hydrogen-bond donors (Lipinski definition) is 3. The smallest absolute Gasteiger partial charge is 0.0522 e. The van der Waals surface area contributed by atoms with Gasteiger partial charge in [0.15, 0.2) is 0 Å². The molecule has 4 nitrogen and oxygen atoms in total. The molecule has 3 aliphatic rings. The van der Waals surface area contributed by atoms with Crippen molar-refractivity contribution in [1.82, 2.24) is 10.2 Å². The van der Waals surface area contributed by atoms with Gasteiger partial charge in [-0.15, -0.1) is 0 Å². The number of nitrogens with zero attached hydrogens (tertiary/aromatic N) is 1. The van der Waals surface area contributed by atoms with Gasteiger partial charge in [-0.1, -0.05) is 31.9 Å². The average Bonchev–Trinajstić information content (AvgIpc) is 3.16. The fourth-order valence-corrected chi connectivity index (χ4v) is 6.34. The lowest BCUT2D eigenvalue weighted by Crippen LogP contribution is -2.48. The number of nitrogens with two attached hydrogens (primary N) is 1. The molecule has 3 aliphatic carbocycles. The average molecular weight is 344 g/mol. The second-order valence-electron chi connectivity index (χ2n) is 9.52. The fourth-order valence-electron chi connectivity index (χ4n) is 6.34. The van der Waals surface area contributed by atoms with Crippen LogP contribution in [0.4, 0.5) is 0 Å². The molecule has 0 aromatic carbocycles. The highest BCUT2D eigenvalue weighted by molar-refractivity contribution is 5.34. The Morgan fingerprint density at radius 2 is 2.12 bits per heavy atom. The second kappa shape index (κ2) is 5.95. The van der Waals surface area contributed by atoms with E-state index >= 15 is 0 Å². The first kappa shape index (κ1) is 17.3. The van der Waals surface area contributed by atoms with Gasteiger partial charge in [-0.05, 0) is 79.2 Å². The van der Waals surface area contributed by atoms with Crippen LogP contribution in [0.3, 0.4) is 0 Å². The molecule has 4 atom stereocenters. The summed E-state index contributed by atoms with van der Waals surface area (Å²) in [6.45, 7) is 8.20. The van der Waals surface area contributed by atoms with Crippen molar-refractivity contribution >= 4 is 0 Å². The number of rotatable bonds is 3. The first-order valence-corrected chi connectivity index (χ1v) is 9.95. The summed E-state index contributed by atoms with van der Waals surface area (Å²) in [6.07, 6.45) is 8.83. The van der Waals surface area contributed by atoms with Crippen molar-refractivity contribution in [1.29, 1.82) is 0 Å². The standard InChI is InChI=1S/C21H33N3O/c1-20(2)7-6-15-16(10-22)18(5-4-17(15)20)21(3)9-13-11-23-24-19(13)8-14(21)12-25/h11,14,16,18,25H,4-10,12,22H2,1-3H3,(H,23,24)/t14-,16+,18+,21+/m1/s1. The maximum absolute atomic E-state index is 10.2. The Labute approximate surface area is 151 Å². The molecular formula is C21H33N3O. The Hall–Kier alpha value is -1.13. The molecule has 0 radical (unpaired) electrons. The molecule has 4 heteroatoms. The van der Waals surface area contributed by atoms with E-state index in [0.717, 1.165) is 19.4 Å². The first-order valence-electron chi connectivity index (χ1n) is 9.95. The van der Waals surface area contributed by atoms with E-state index in [0.29, 0.717) is 17.3 Å². The number of aromatic amines is 1. The normalized spacial score (nSPS) is 37.1. The second-order valence-corrected chi connectivity index (χ2v) is 9.52.